The molecule has 0 spiro atoms. The maximum atomic E-state index is 13.2. The normalized spacial score (nSPS) is 31.0. The van der Waals surface area contributed by atoms with E-state index in [0.717, 1.165) is 9.83 Å². The molecule has 0 aromatic rings. The standard InChI is InChI=1S/C24H36N4O7S3/c1-6-16-21(30)28-20(14(4)5)24(33)35-15-9-7-8-10-36-37-38(34)12-17(22(31)25-16)26-23(32)19(13(2)3)27-18(29)11-15/h6-7,9,13-15,17,19-20H,8,10-12H2,1-5H3,(H,25,31)(H,26,32)(H,27,29)(H,28,30)/b9-7+,16-6-/t15-,17-,19-,20?,38?/m1/s1. The van der Waals surface area contributed by atoms with Crippen molar-refractivity contribution in [2.75, 3.05) is 11.5 Å². The van der Waals surface area contributed by atoms with Gasteiger partial charge in [-0.3, -0.25) is 19.2 Å². The molecule has 0 aromatic carbocycles. The minimum absolute atomic E-state index is 0.140. The Labute approximate surface area is 233 Å². The number of esters is 1. The number of hydrogen-bond donors (Lipinski definition) is 4. The van der Waals surface area contributed by atoms with Crippen LogP contribution < -0.4 is 21.3 Å². The molecule has 0 saturated carbocycles. The third-order valence-electron chi connectivity index (χ3n) is 5.70. The van der Waals surface area contributed by atoms with E-state index in [9.17, 15) is 28.5 Å². The summed E-state index contributed by atoms with van der Waals surface area (Å²) in [4.78, 5) is 65.5. The van der Waals surface area contributed by atoms with E-state index in [2.05, 4.69) is 21.3 Å². The lowest BCUT2D eigenvalue weighted by Gasteiger charge is -2.28. The van der Waals surface area contributed by atoms with Gasteiger partial charge in [-0.25, -0.2) is 4.79 Å². The summed E-state index contributed by atoms with van der Waals surface area (Å²) in [5.41, 5.74) is -0.140. The van der Waals surface area contributed by atoms with Crippen molar-refractivity contribution in [3.8, 4) is 0 Å². The number of carbonyl (C=O) groups is 5. The lowest BCUT2D eigenvalue weighted by atomic mass is 10.0. The summed E-state index contributed by atoms with van der Waals surface area (Å²) >= 11 is 0. The molecule has 4 N–H and O–H groups in total. The second-order valence-corrected chi connectivity index (χ2v) is 14.7. The van der Waals surface area contributed by atoms with Crippen LogP contribution >= 0.6 is 20.6 Å². The van der Waals surface area contributed by atoms with Crippen LogP contribution in [0.15, 0.2) is 23.9 Å². The van der Waals surface area contributed by atoms with E-state index in [4.69, 9.17) is 4.74 Å². The topological polar surface area (TPSA) is 166 Å². The van der Waals surface area contributed by atoms with Crippen LogP contribution in [0, 0.1) is 11.8 Å². The Bertz CT molecular complexity index is 957. The Morgan fingerprint density at radius 3 is 2.34 bits per heavy atom. The van der Waals surface area contributed by atoms with Crippen molar-refractivity contribution >= 4 is 60.4 Å². The molecule has 1 fully saturated rings. The first-order valence-electron chi connectivity index (χ1n) is 12.4. The number of amides is 4. The fourth-order valence-electron chi connectivity index (χ4n) is 3.58. The van der Waals surface area contributed by atoms with Crippen LogP contribution in [0.25, 0.3) is 0 Å². The molecule has 212 valence electrons. The quantitative estimate of drug-likeness (QED) is 0.121. The minimum atomic E-state index is -1.55. The van der Waals surface area contributed by atoms with Crippen molar-refractivity contribution in [3.63, 3.8) is 0 Å². The van der Waals surface area contributed by atoms with Crippen LogP contribution in [0.3, 0.4) is 0 Å². The van der Waals surface area contributed by atoms with Crippen LogP contribution in [0.5, 0.6) is 0 Å². The molecule has 2 heterocycles. The van der Waals surface area contributed by atoms with E-state index in [0.29, 0.717) is 12.2 Å². The molecule has 1 saturated heterocycles. The van der Waals surface area contributed by atoms with Gasteiger partial charge in [-0.15, -0.1) is 0 Å². The molecule has 2 rings (SSSR count). The summed E-state index contributed by atoms with van der Waals surface area (Å²) in [5, 5.41) is 10.3. The lowest BCUT2D eigenvalue weighted by molar-refractivity contribution is -0.153. The number of ether oxygens (including phenoxy) is 1. The van der Waals surface area contributed by atoms with Gasteiger partial charge in [-0.1, -0.05) is 39.8 Å². The van der Waals surface area contributed by atoms with Crippen LogP contribution in [-0.2, 0) is 38.9 Å². The highest BCUT2D eigenvalue weighted by atomic mass is 33.5. The SMILES string of the molecule is C/C=C1\NC(=O)[C@H]2C[S+]([O-])SSCC/C=C/[C@H](CC(=O)N[C@H](C(C)C)C(=O)N2)OC(=O)C(C(C)C)NC1=O. The molecule has 2 unspecified atom stereocenters. The molecule has 38 heavy (non-hydrogen) atoms. The van der Waals surface area contributed by atoms with Gasteiger partial charge in [0.05, 0.1) is 6.42 Å². The number of hydrogen-bond acceptors (Lipinski definition) is 9. The fourth-order valence-corrected chi connectivity index (χ4v) is 8.02. The predicted molar refractivity (Wildman–Crippen MR) is 149 cm³/mol. The Kier molecular flexibility index (Phi) is 13.0. The summed E-state index contributed by atoms with van der Waals surface area (Å²) in [7, 11) is 0.850. The first-order valence-corrected chi connectivity index (χ1v) is 16.5. The molecule has 2 bridgehead atoms. The lowest BCUT2D eigenvalue weighted by Crippen LogP contribution is -2.58. The molecule has 14 heteroatoms. The average molecular weight is 589 g/mol. The third kappa shape index (κ3) is 9.86. The minimum Gasteiger partial charge on any atom is -0.604 e. The molecular weight excluding hydrogens is 552 g/mol. The van der Waals surface area contributed by atoms with Gasteiger partial charge in [0, 0.05) is 16.0 Å². The maximum absolute atomic E-state index is 13.2. The third-order valence-corrected chi connectivity index (χ3v) is 10.8. The molecule has 11 nitrogen and oxygen atoms in total. The zero-order valence-corrected chi connectivity index (χ0v) is 24.6. The number of allylic oxidation sites excluding steroid dienone is 2. The molecule has 0 aliphatic carbocycles. The number of rotatable bonds is 2. The van der Waals surface area contributed by atoms with Gasteiger partial charge in [0.1, 0.15) is 29.6 Å². The average Bonchev–Trinajstić information content (AvgIpc) is 2.83. The van der Waals surface area contributed by atoms with Gasteiger partial charge in [0.15, 0.2) is 15.9 Å². The molecule has 5 atom stereocenters. The van der Waals surface area contributed by atoms with E-state index in [-0.39, 0.29) is 29.7 Å². The number of fused-ring (bicyclic) bond motifs is 7. The monoisotopic (exact) mass is 588 g/mol. The van der Waals surface area contributed by atoms with Gasteiger partial charge < -0.3 is 30.6 Å². The second-order valence-electron chi connectivity index (χ2n) is 9.49. The smallest absolute Gasteiger partial charge is 0.329 e. The zero-order valence-electron chi connectivity index (χ0n) is 22.1. The van der Waals surface area contributed by atoms with Gasteiger partial charge in [-0.2, -0.15) is 0 Å². The van der Waals surface area contributed by atoms with E-state index in [1.807, 2.05) is 0 Å². The highest BCUT2D eigenvalue weighted by Crippen LogP contribution is 2.30. The second kappa shape index (κ2) is 15.4. The van der Waals surface area contributed by atoms with Crippen molar-refractivity contribution < 1.29 is 33.3 Å². The van der Waals surface area contributed by atoms with E-state index < -0.39 is 64.0 Å². The molecule has 0 radical (unpaired) electrons. The van der Waals surface area contributed by atoms with Crippen molar-refractivity contribution in [3.05, 3.63) is 23.9 Å². The predicted octanol–water partition coefficient (Wildman–Crippen LogP) is 1.09. The summed E-state index contributed by atoms with van der Waals surface area (Å²) in [6, 6.07) is -3.32. The largest absolute Gasteiger partial charge is 0.604 e. The van der Waals surface area contributed by atoms with Crippen molar-refractivity contribution in [2.24, 2.45) is 11.8 Å². The number of carbonyl (C=O) groups excluding carboxylic acids is 5. The Hall–Kier alpha value is -2.16. The van der Waals surface area contributed by atoms with Crippen LogP contribution in [0.2, 0.25) is 0 Å². The Morgan fingerprint density at radius 1 is 1.03 bits per heavy atom. The van der Waals surface area contributed by atoms with Gasteiger partial charge in [-0.05, 0) is 42.1 Å². The van der Waals surface area contributed by atoms with Gasteiger partial charge >= 0.3 is 5.97 Å². The highest BCUT2D eigenvalue weighted by Gasteiger charge is 2.35. The molecular formula is C24H36N4O7S3. The van der Waals surface area contributed by atoms with E-state index in [1.165, 1.54) is 23.8 Å². The van der Waals surface area contributed by atoms with Crippen molar-refractivity contribution in [1.29, 1.82) is 0 Å². The van der Waals surface area contributed by atoms with Gasteiger partial charge in [0.25, 0.3) is 11.8 Å². The zero-order chi connectivity index (χ0) is 28.4. The molecule has 0 aromatic heterocycles. The van der Waals surface area contributed by atoms with Gasteiger partial charge in [0.2, 0.25) is 11.8 Å². The first kappa shape index (κ1) is 32.1. The Morgan fingerprint density at radius 2 is 1.71 bits per heavy atom. The van der Waals surface area contributed by atoms with Crippen molar-refractivity contribution in [1.82, 2.24) is 21.3 Å². The van der Waals surface area contributed by atoms with E-state index in [1.54, 1.807) is 39.8 Å². The fraction of sp³-hybridized carbons (Fsp3) is 0.625. The summed E-state index contributed by atoms with van der Waals surface area (Å²) in [6.45, 7) is 8.45. The maximum Gasteiger partial charge on any atom is 0.329 e. The summed E-state index contributed by atoms with van der Waals surface area (Å²) in [6.07, 6.45) is 4.09. The van der Waals surface area contributed by atoms with Crippen LogP contribution in [0.1, 0.15) is 47.5 Å². The van der Waals surface area contributed by atoms with Crippen LogP contribution in [0.4, 0.5) is 0 Å². The first-order chi connectivity index (χ1) is 17.9. The molecule has 2 aliphatic heterocycles. The molecule has 4 amide bonds. The summed E-state index contributed by atoms with van der Waals surface area (Å²) in [5.74, 6) is -3.75. The molecule has 2 aliphatic rings. The Balaban J connectivity index is 2.59. The van der Waals surface area contributed by atoms with E-state index >= 15 is 0 Å². The van der Waals surface area contributed by atoms with Crippen molar-refractivity contribution in [2.45, 2.75) is 71.7 Å². The highest BCUT2D eigenvalue weighted by molar-refractivity contribution is 9.06. The van der Waals surface area contributed by atoms with Crippen LogP contribution in [-0.4, -0.2) is 69.9 Å². The summed E-state index contributed by atoms with van der Waals surface area (Å²) < 4.78 is 18.4. The number of nitrogens with one attached hydrogen (secondary N) is 4.